The number of carbonyl (C=O) groups is 3. The number of hydrogen-bond acceptors (Lipinski definition) is 4. The highest BCUT2D eigenvalue weighted by Gasteiger charge is 2.31. The fraction of sp³-hybridized carbons (Fsp3) is 0.385. The van der Waals surface area contributed by atoms with Gasteiger partial charge in [0.15, 0.2) is 0 Å². The monoisotopic (exact) mass is 277 g/mol. The molecule has 2 rings (SSSR count). The molecule has 0 radical (unpaired) electrons. The van der Waals surface area contributed by atoms with E-state index in [1.54, 1.807) is 7.05 Å². The third-order valence-corrected chi connectivity index (χ3v) is 3.22. The summed E-state index contributed by atoms with van der Waals surface area (Å²) in [7, 11) is 1.66. The van der Waals surface area contributed by atoms with Crippen molar-refractivity contribution in [2.75, 3.05) is 13.6 Å². The number of amides is 2. The van der Waals surface area contributed by atoms with Gasteiger partial charge in [0.05, 0.1) is 23.7 Å². The first-order chi connectivity index (χ1) is 9.47. The highest BCUT2D eigenvalue weighted by Crippen LogP contribution is 2.16. The molecule has 1 aromatic rings. The molecule has 2 N–H and O–H groups in total. The van der Waals surface area contributed by atoms with Gasteiger partial charge in [-0.3, -0.25) is 14.6 Å². The van der Waals surface area contributed by atoms with Crippen LogP contribution in [0.15, 0.2) is 18.3 Å². The molecule has 20 heavy (non-hydrogen) atoms. The van der Waals surface area contributed by atoms with Crippen LogP contribution in [0, 0.1) is 5.92 Å². The Kier molecular flexibility index (Phi) is 3.97. The molecule has 106 valence electrons. The molecule has 1 unspecified atom stereocenters. The number of hydrogen-bond donors (Lipinski definition) is 2. The molecular formula is C13H15N3O4. The number of carboxylic acid groups (broad SMARTS) is 1. The van der Waals surface area contributed by atoms with Gasteiger partial charge in [-0.1, -0.05) is 0 Å². The lowest BCUT2D eigenvalue weighted by molar-refractivity contribution is -0.128. The highest BCUT2D eigenvalue weighted by atomic mass is 16.4. The zero-order chi connectivity index (χ0) is 14.7. The Hall–Kier alpha value is -2.44. The summed E-state index contributed by atoms with van der Waals surface area (Å²) >= 11 is 0. The Morgan fingerprint density at radius 3 is 2.90 bits per heavy atom. The van der Waals surface area contributed by atoms with E-state index in [1.807, 2.05) is 0 Å². The van der Waals surface area contributed by atoms with Gasteiger partial charge in [0, 0.05) is 26.2 Å². The molecule has 0 saturated carbocycles. The lowest BCUT2D eigenvalue weighted by Gasteiger charge is -2.10. The second-order valence-electron chi connectivity index (χ2n) is 4.73. The van der Waals surface area contributed by atoms with Crippen LogP contribution in [-0.2, 0) is 16.1 Å². The largest absolute Gasteiger partial charge is 0.478 e. The highest BCUT2D eigenvalue weighted by molar-refractivity contribution is 5.89. The SMILES string of the molecule is CN1CC(C(=O)NCc2cc(C(=O)O)ccn2)CC1=O. The summed E-state index contributed by atoms with van der Waals surface area (Å²) in [5.74, 6) is -1.65. The van der Waals surface area contributed by atoms with Crippen LogP contribution < -0.4 is 5.32 Å². The summed E-state index contributed by atoms with van der Waals surface area (Å²) in [6.07, 6.45) is 1.60. The number of rotatable bonds is 4. The zero-order valence-electron chi connectivity index (χ0n) is 11.0. The molecule has 1 saturated heterocycles. The van der Waals surface area contributed by atoms with E-state index < -0.39 is 5.97 Å². The predicted octanol–water partition coefficient (Wildman–Crippen LogP) is -0.126. The van der Waals surface area contributed by atoms with Crippen LogP contribution in [0.4, 0.5) is 0 Å². The molecule has 0 aliphatic carbocycles. The van der Waals surface area contributed by atoms with Gasteiger partial charge in [-0.2, -0.15) is 0 Å². The lowest BCUT2D eigenvalue weighted by atomic mass is 10.1. The zero-order valence-corrected chi connectivity index (χ0v) is 11.0. The van der Waals surface area contributed by atoms with Gasteiger partial charge < -0.3 is 15.3 Å². The molecule has 7 nitrogen and oxygen atoms in total. The number of likely N-dealkylation sites (tertiary alicyclic amines) is 1. The molecule has 0 aromatic carbocycles. The second-order valence-corrected chi connectivity index (χ2v) is 4.73. The number of nitrogens with zero attached hydrogens (tertiary/aromatic N) is 2. The van der Waals surface area contributed by atoms with Crippen molar-refractivity contribution in [1.29, 1.82) is 0 Å². The predicted molar refractivity (Wildman–Crippen MR) is 68.8 cm³/mol. The standard InChI is InChI=1S/C13H15N3O4/c1-16-7-9(5-11(16)17)12(18)15-6-10-4-8(13(19)20)2-3-14-10/h2-4,9H,5-7H2,1H3,(H,15,18)(H,19,20). The summed E-state index contributed by atoms with van der Waals surface area (Å²) < 4.78 is 0. The average molecular weight is 277 g/mol. The minimum absolute atomic E-state index is 0.0452. The maximum Gasteiger partial charge on any atom is 0.335 e. The lowest BCUT2D eigenvalue weighted by Crippen LogP contribution is -2.32. The number of pyridine rings is 1. The van der Waals surface area contributed by atoms with Crippen LogP contribution in [0.3, 0.4) is 0 Å². The van der Waals surface area contributed by atoms with Crippen LogP contribution in [-0.4, -0.2) is 46.4 Å². The number of aromatic nitrogens is 1. The molecule has 2 amide bonds. The molecule has 2 heterocycles. The third kappa shape index (κ3) is 3.11. The van der Waals surface area contributed by atoms with Gasteiger partial charge in [0.1, 0.15) is 0 Å². The fourth-order valence-electron chi connectivity index (χ4n) is 2.07. The Morgan fingerprint density at radius 1 is 1.55 bits per heavy atom. The van der Waals surface area contributed by atoms with Crippen molar-refractivity contribution in [1.82, 2.24) is 15.2 Å². The first-order valence-electron chi connectivity index (χ1n) is 6.17. The van der Waals surface area contributed by atoms with Crippen molar-refractivity contribution < 1.29 is 19.5 Å². The van der Waals surface area contributed by atoms with Crippen molar-refractivity contribution in [3.8, 4) is 0 Å². The van der Waals surface area contributed by atoms with Gasteiger partial charge in [-0.25, -0.2) is 4.79 Å². The topological polar surface area (TPSA) is 99.6 Å². The fourth-order valence-corrected chi connectivity index (χ4v) is 2.07. The molecular weight excluding hydrogens is 262 g/mol. The molecule has 7 heteroatoms. The number of carbonyl (C=O) groups excluding carboxylic acids is 2. The average Bonchev–Trinajstić information content (AvgIpc) is 2.76. The van der Waals surface area contributed by atoms with E-state index >= 15 is 0 Å². The Labute approximate surface area is 115 Å². The van der Waals surface area contributed by atoms with Gasteiger partial charge in [0.25, 0.3) is 0 Å². The van der Waals surface area contributed by atoms with Crippen molar-refractivity contribution in [2.24, 2.45) is 5.92 Å². The number of aromatic carboxylic acids is 1. The van der Waals surface area contributed by atoms with Gasteiger partial charge >= 0.3 is 5.97 Å². The van der Waals surface area contributed by atoms with E-state index in [-0.39, 0.29) is 36.3 Å². The van der Waals surface area contributed by atoms with Gasteiger partial charge in [0.2, 0.25) is 11.8 Å². The van der Waals surface area contributed by atoms with Crippen LogP contribution >= 0.6 is 0 Å². The van der Waals surface area contributed by atoms with E-state index in [0.717, 1.165) is 0 Å². The summed E-state index contributed by atoms with van der Waals surface area (Å²) in [6.45, 7) is 0.557. The minimum atomic E-state index is -1.04. The van der Waals surface area contributed by atoms with E-state index in [1.165, 1.54) is 23.2 Å². The molecule has 1 aliphatic heterocycles. The van der Waals surface area contributed by atoms with Crippen molar-refractivity contribution in [3.05, 3.63) is 29.6 Å². The van der Waals surface area contributed by atoms with E-state index in [0.29, 0.717) is 12.2 Å². The Bertz CT molecular complexity index is 558. The van der Waals surface area contributed by atoms with E-state index in [9.17, 15) is 14.4 Å². The summed E-state index contributed by atoms with van der Waals surface area (Å²) in [6, 6.07) is 2.80. The van der Waals surface area contributed by atoms with Crippen LogP contribution in [0.5, 0.6) is 0 Å². The maximum atomic E-state index is 11.9. The molecule has 1 aliphatic rings. The van der Waals surface area contributed by atoms with Crippen LogP contribution in [0.1, 0.15) is 22.5 Å². The normalized spacial score (nSPS) is 18.1. The minimum Gasteiger partial charge on any atom is -0.478 e. The van der Waals surface area contributed by atoms with Gasteiger partial charge in [-0.15, -0.1) is 0 Å². The Morgan fingerprint density at radius 2 is 2.30 bits per heavy atom. The molecule has 1 atom stereocenters. The molecule has 0 bridgehead atoms. The van der Waals surface area contributed by atoms with Crippen molar-refractivity contribution in [2.45, 2.75) is 13.0 Å². The number of nitrogens with one attached hydrogen (secondary N) is 1. The summed E-state index contributed by atoms with van der Waals surface area (Å²) in [5.41, 5.74) is 0.593. The molecule has 1 fully saturated rings. The first kappa shape index (κ1) is 14.0. The second kappa shape index (κ2) is 5.68. The van der Waals surface area contributed by atoms with Crippen LogP contribution in [0.25, 0.3) is 0 Å². The smallest absolute Gasteiger partial charge is 0.335 e. The number of carboxylic acids is 1. The van der Waals surface area contributed by atoms with Crippen molar-refractivity contribution >= 4 is 17.8 Å². The van der Waals surface area contributed by atoms with Crippen LogP contribution in [0.2, 0.25) is 0 Å². The van der Waals surface area contributed by atoms with Crippen molar-refractivity contribution in [3.63, 3.8) is 0 Å². The maximum absolute atomic E-state index is 11.9. The quantitative estimate of drug-likeness (QED) is 0.799. The van der Waals surface area contributed by atoms with E-state index in [2.05, 4.69) is 10.3 Å². The van der Waals surface area contributed by atoms with E-state index in [4.69, 9.17) is 5.11 Å². The Balaban J connectivity index is 1.92. The first-order valence-corrected chi connectivity index (χ1v) is 6.17. The van der Waals surface area contributed by atoms with Gasteiger partial charge in [-0.05, 0) is 12.1 Å². The summed E-state index contributed by atoms with van der Waals surface area (Å²) in [5, 5.41) is 11.5. The molecule has 0 spiro atoms. The molecule has 1 aromatic heterocycles. The summed E-state index contributed by atoms with van der Waals surface area (Å²) in [4.78, 5) is 39.6. The third-order valence-electron chi connectivity index (χ3n) is 3.22.